The number of hydrogen-bond donors (Lipinski definition) is 0. The fourth-order valence-corrected chi connectivity index (χ4v) is 4.30. The summed E-state index contributed by atoms with van der Waals surface area (Å²) in [6.07, 6.45) is 0. The maximum atomic E-state index is 12.7. The summed E-state index contributed by atoms with van der Waals surface area (Å²) in [4.78, 5) is 40.5. The number of esters is 1. The van der Waals surface area contributed by atoms with Crippen LogP contribution in [0.25, 0.3) is 10.8 Å². The number of hydrogen-bond acceptors (Lipinski definition) is 6. The van der Waals surface area contributed by atoms with Crippen molar-refractivity contribution in [1.29, 1.82) is 0 Å². The van der Waals surface area contributed by atoms with Crippen molar-refractivity contribution >= 4 is 40.1 Å². The first kappa shape index (κ1) is 19.2. The van der Waals surface area contributed by atoms with Gasteiger partial charge in [-0.25, -0.2) is 9.48 Å². The summed E-state index contributed by atoms with van der Waals surface area (Å²) in [6, 6.07) is 14.4. The Morgan fingerprint density at radius 2 is 1.83 bits per heavy atom. The molecule has 0 bridgehead atoms. The molecule has 0 fully saturated rings. The van der Waals surface area contributed by atoms with E-state index in [4.69, 9.17) is 4.74 Å². The molecule has 0 spiro atoms. The highest BCUT2D eigenvalue weighted by molar-refractivity contribution is 7.99. The molecular formula is C21H19N3O4S. The molecule has 8 heteroatoms. The largest absolute Gasteiger partial charge is 0.451 e. The molecule has 2 aromatic carbocycles. The number of thioether (sulfide) groups is 1. The highest BCUT2D eigenvalue weighted by Gasteiger charge is 2.25. The molecule has 1 amide bonds. The first-order chi connectivity index (χ1) is 14.1. The summed E-state index contributed by atoms with van der Waals surface area (Å²) in [5, 5.41) is 4.96. The van der Waals surface area contributed by atoms with Gasteiger partial charge in [0, 0.05) is 29.1 Å². The number of fused-ring (bicyclic) bond motifs is 2. The van der Waals surface area contributed by atoms with E-state index in [0.717, 1.165) is 16.3 Å². The Hall–Kier alpha value is -3.13. The summed E-state index contributed by atoms with van der Waals surface area (Å²) in [6.45, 7) is 2.26. The monoisotopic (exact) mass is 409 g/mol. The minimum Gasteiger partial charge on any atom is -0.451 e. The van der Waals surface area contributed by atoms with Crippen LogP contribution in [0.3, 0.4) is 0 Å². The lowest BCUT2D eigenvalue weighted by molar-refractivity contribution is -0.121. The average Bonchev–Trinajstić information content (AvgIpc) is 2.77. The van der Waals surface area contributed by atoms with Gasteiger partial charge in [-0.2, -0.15) is 5.10 Å². The minimum absolute atomic E-state index is 0.0319. The van der Waals surface area contributed by atoms with Crippen molar-refractivity contribution in [3.63, 3.8) is 0 Å². The lowest BCUT2D eigenvalue weighted by Crippen LogP contribution is -2.38. The second kappa shape index (κ2) is 8.08. The van der Waals surface area contributed by atoms with Crippen molar-refractivity contribution < 1.29 is 14.3 Å². The first-order valence-electron chi connectivity index (χ1n) is 9.29. The van der Waals surface area contributed by atoms with Gasteiger partial charge in [-0.3, -0.25) is 9.59 Å². The molecule has 148 valence electrons. The van der Waals surface area contributed by atoms with Crippen LogP contribution in [0.4, 0.5) is 5.69 Å². The number of carbonyl (C=O) groups is 2. The van der Waals surface area contributed by atoms with Crippen LogP contribution in [-0.2, 0) is 16.1 Å². The fourth-order valence-electron chi connectivity index (χ4n) is 3.30. The topological polar surface area (TPSA) is 81.5 Å². The molecule has 7 nitrogen and oxygen atoms in total. The third-order valence-corrected chi connectivity index (χ3v) is 5.76. The minimum atomic E-state index is -0.726. The lowest BCUT2D eigenvalue weighted by atomic mass is 10.1. The van der Waals surface area contributed by atoms with Crippen molar-refractivity contribution in [2.24, 2.45) is 0 Å². The van der Waals surface area contributed by atoms with Crippen molar-refractivity contribution in [3.05, 3.63) is 64.6 Å². The predicted molar refractivity (Wildman–Crippen MR) is 111 cm³/mol. The molecule has 3 aromatic rings. The standard InChI is InChI=1S/C21H19N3O4S/c1-2-24-20(26)15-8-4-3-7-14(15)19(22-24)21(27)28-13-18(25)23-11-12-29-17-10-6-5-9-16(17)23/h3-10H,2,11-13H2,1H3. The van der Waals surface area contributed by atoms with Crippen LogP contribution < -0.4 is 10.5 Å². The normalized spacial score (nSPS) is 13.2. The molecule has 29 heavy (non-hydrogen) atoms. The number of anilines is 1. The smallest absolute Gasteiger partial charge is 0.359 e. The van der Waals surface area contributed by atoms with Crippen LogP contribution in [0.5, 0.6) is 0 Å². The van der Waals surface area contributed by atoms with Crippen LogP contribution >= 0.6 is 11.8 Å². The lowest BCUT2D eigenvalue weighted by Gasteiger charge is -2.28. The van der Waals surface area contributed by atoms with E-state index in [0.29, 0.717) is 23.9 Å². The fraction of sp³-hybridized carbons (Fsp3) is 0.238. The van der Waals surface area contributed by atoms with E-state index < -0.39 is 5.97 Å². The molecule has 0 atom stereocenters. The summed E-state index contributed by atoms with van der Waals surface area (Å²) in [5.41, 5.74) is 0.593. The van der Waals surface area contributed by atoms with Crippen LogP contribution in [0.2, 0.25) is 0 Å². The molecule has 2 heterocycles. The molecule has 0 saturated carbocycles. The number of aromatic nitrogens is 2. The van der Waals surface area contributed by atoms with Crippen molar-refractivity contribution in [2.45, 2.75) is 18.4 Å². The second-order valence-electron chi connectivity index (χ2n) is 6.45. The average molecular weight is 409 g/mol. The van der Waals surface area contributed by atoms with Crippen LogP contribution in [0.15, 0.2) is 58.2 Å². The number of amides is 1. The Morgan fingerprint density at radius 3 is 2.62 bits per heavy atom. The SMILES string of the molecule is CCn1nc(C(=O)OCC(=O)N2CCSc3ccccc32)c2ccccc2c1=O. The predicted octanol–water partition coefficient (Wildman–Crippen LogP) is 2.71. The van der Waals surface area contributed by atoms with Crippen LogP contribution in [0.1, 0.15) is 17.4 Å². The van der Waals surface area contributed by atoms with Gasteiger partial charge in [0.05, 0.1) is 11.1 Å². The van der Waals surface area contributed by atoms with E-state index in [1.165, 1.54) is 4.68 Å². The quantitative estimate of drug-likeness (QED) is 0.617. The molecule has 0 radical (unpaired) electrons. The Balaban J connectivity index is 1.56. The van der Waals surface area contributed by atoms with Gasteiger partial charge in [-0.1, -0.05) is 30.3 Å². The van der Waals surface area contributed by atoms with Crippen molar-refractivity contribution in [2.75, 3.05) is 23.8 Å². The van der Waals surface area contributed by atoms with E-state index in [-0.39, 0.29) is 23.8 Å². The third-order valence-electron chi connectivity index (χ3n) is 4.72. The van der Waals surface area contributed by atoms with E-state index in [9.17, 15) is 14.4 Å². The van der Waals surface area contributed by atoms with Crippen LogP contribution in [-0.4, -0.2) is 40.6 Å². The van der Waals surface area contributed by atoms with E-state index in [1.54, 1.807) is 47.9 Å². The molecule has 1 aliphatic rings. The van der Waals surface area contributed by atoms with E-state index >= 15 is 0 Å². The van der Waals surface area contributed by atoms with Gasteiger partial charge < -0.3 is 9.64 Å². The molecule has 4 rings (SSSR count). The van der Waals surface area contributed by atoms with Gasteiger partial charge in [0.1, 0.15) is 0 Å². The highest BCUT2D eigenvalue weighted by Crippen LogP contribution is 2.34. The number of benzene rings is 2. The van der Waals surface area contributed by atoms with Crippen molar-refractivity contribution in [3.8, 4) is 0 Å². The zero-order chi connectivity index (χ0) is 20.4. The first-order valence-corrected chi connectivity index (χ1v) is 10.3. The Bertz CT molecular complexity index is 1160. The maximum absolute atomic E-state index is 12.7. The molecule has 0 aliphatic carbocycles. The summed E-state index contributed by atoms with van der Waals surface area (Å²) < 4.78 is 6.51. The van der Waals surface area contributed by atoms with Gasteiger partial charge in [-0.15, -0.1) is 11.8 Å². The third kappa shape index (κ3) is 3.63. The number of nitrogens with zero attached hydrogens (tertiary/aromatic N) is 3. The molecule has 0 N–H and O–H groups in total. The Kier molecular flexibility index (Phi) is 5.35. The number of carbonyl (C=O) groups excluding carboxylic acids is 2. The molecular weight excluding hydrogens is 390 g/mol. The second-order valence-corrected chi connectivity index (χ2v) is 7.59. The van der Waals surface area contributed by atoms with E-state index in [1.807, 2.05) is 24.3 Å². The summed E-state index contributed by atoms with van der Waals surface area (Å²) >= 11 is 1.69. The van der Waals surface area contributed by atoms with Gasteiger partial charge in [-0.05, 0) is 25.1 Å². The van der Waals surface area contributed by atoms with Crippen molar-refractivity contribution in [1.82, 2.24) is 9.78 Å². The van der Waals surface area contributed by atoms with Gasteiger partial charge in [0.15, 0.2) is 12.3 Å². The molecule has 0 unspecified atom stereocenters. The van der Waals surface area contributed by atoms with E-state index in [2.05, 4.69) is 5.10 Å². The Morgan fingerprint density at radius 1 is 1.10 bits per heavy atom. The number of rotatable bonds is 4. The summed E-state index contributed by atoms with van der Waals surface area (Å²) in [7, 11) is 0. The van der Waals surface area contributed by atoms with Gasteiger partial charge >= 0.3 is 5.97 Å². The number of aryl methyl sites for hydroxylation is 1. The molecule has 1 aromatic heterocycles. The number of ether oxygens (including phenoxy) is 1. The zero-order valence-electron chi connectivity index (χ0n) is 15.8. The molecule has 1 aliphatic heterocycles. The Labute approximate surface area is 171 Å². The summed E-state index contributed by atoms with van der Waals surface area (Å²) in [5.74, 6) is -0.236. The maximum Gasteiger partial charge on any atom is 0.359 e. The highest BCUT2D eigenvalue weighted by atomic mass is 32.2. The van der Waals surface area contributed by atoms with Crippen LogP contribution in [0, 0.1) is 0 Å². The number of para-hydroxylation sites is 1. The van der Waals surface area contributed by atoms with Gasteiger partial charge in [0.25, 0.3) is 11.5 Å². The zero-order valence-corrected chi connectivity index (χ0v) is 16.6. The molecule has 0 saturated heterocycles. The van der Waals surface area contributed by atoms with Gasteiger partial charge in [0.2, 0.25) is 0 Å².